The van der Waals surface area contributed by atoms with Crippen molar-refractivity contribution in [2.75, 3.05) is 32.7 Å². The third-order valence-electron chi connectivity index (χ3n) is 5.74. The maximum Gasteiger partial charge on any atom is 0.240 e. The van der Waals surface area contributed by atoms with Gasteiger partial charge in [-0.3, -0.25) is 4.79 Å². The Morgan fingerprint density at radius 1 is 1.19 bits per heavy atom. The summed E-state index contributed by atoms with van der Waals surface area (Å²) in [5.74, 6) is 0.0718. The Labute approximate surface area is 156 Å². The summed E-state index contributed by atoms with van der Waals surface area (Å²) in [6.45, 7) is 7.39. The van der Waals surface area contributed by atoms with Crippen LogP contribution in [0.2, 0.25) is 0 Å². The molecule has 1 aromatic carbocycles. The van der Waals surface area contributed by atoms with Gasteiger partial charge in [-0.15, -0.1) is 0 Å². The summed E-state index contributed by atoms with van der Waals surface area (Å²) in [6, 6.07) is 5.38. The van der Waals surface area contributed by atoms with E-state index in [1.807, 2.05) is 11.0 Å². The number of hydrogen-bond donors (Lipinski definition) is 2. The Morgan fingerprint density at radius 2 is 1.85 bits per heavy atom. The Bertz CT molecular complexity index is 770. The lowest BCUT2D eigenvalue weighted by atomic mass is 9.81. The summed E-state index contributed by atoms with van der Waals surface area (Å²) in [4.78, 5) is 13.8. The lowest BCUT2D eigenvalue weighted by Gasteiger charge is -2.34. The highest BCUT2D eigenvalue weighted by molar-refractivity contribution is 7.89. The second-order valence-corrected chi connectivity index (χ2v) is 9.59. The van der Waals surface area contributed by atoms with Crippen molar-refractivity contribution in [1.29, 1.82) is 0 Å². The zero-order valence-electron chi connectivity index (χ0n) is 15.7. The van der Waals surface area contributed by atoms with Crippen LogP contribution in [0.15, 0.2) is 23.1 Å². The third kappa shape index (κ3) is 4.45. The monoisotopic (exact) mass is 379 g/mol. The molecule has 0 unspecified atom stereocenters. The molecule has 2 aliphatic heterocycles. The number of amides is 1. The quantitative estimate of drug-likeness (QED) is 0.827. The molecule has 1 fully saturated rings. The summed E-state index contributed by atoms with van der Waals surface area (Å²) in [6.07, 6.45) is 3.41. The second-order valence-electron chi connectivity index (χ2n) is 7.82. The van der Waals surface area contributed by atoms with E-state index in [9.17, 15) is 13.2 Å². The highest BCUT2D eigenvalue weighted by atomic mass is 32.2. The number of carbonyl (C=O) groups is 1. The Kier molecular flexibility index (Phi) is 5.69. The van der Waals surface area contributed by atoms with Crippen LogP contribution in [0, 0.1) is 5.41 Å². The number of piperidine rings is 1. The van der Waals surface area contributed by atoms with Crippen LogP contribution in [0.25, 0.3) is 0 Å². The number of sulfonamides is 1. The first-order valence-corrected chi connectivity index (χ1v) is 10.9. The van der Waals surface area contributed by atoms with Gasteiger partial charge < -0.3 is 10.2 Å². The van der Waals surface area contributed by atoms with Crippen molar-refractivity contribution in [3.05, 3.63) is 29.3 Å². The number of fused-ring (bicyclic) bond motifs is 1. The van der Waals surface area contributed by atoms with Crippen molar-refractivity contribution in [3.8, 4) is 0 Å². The average Bonchev–Trinajstić information content (AvgIpc) is 2.83. The van der Waals surface area contributed by atoms with Crippen LogP contribution in [-0.2, 0) is 27.7 Å². The molecule has 144 valence electrons. The van der Waals surface area contributed by atoms with E-state index < -0.39 is 10.0 Å². The zero-order valence-corrected chi connectivity index (χ0v) is 16.5. The smallest absolute Gasteiger partial charge is 0.240 e. The maximum atomic E-state index is 12.8. The standard InChI is InChI=1S/C19H29N3O3S/c1-15(23)22-11-5-16-3-4-18(13-17(16)6-12-22)26(24,25)21-14-19(2)7-9-20-10-8-19/h3-4,13,20-21H,5-12,14H2,1-2H3. The molecule has 26 heavy (non-hydrogen) atoms. The van der Waals surface area contributed by atoms with Gasteiger partial charge in [0.2, 0.25) is 15.9 Å². The molecular formula is C19H29N3O3S. The first-order chi connectivity index (χ1) is 12.3. The molecule has 2 aliphatic rings. The van der Waals surface area contributed by atoms with E-state index in [-0.39, 0.29) is 11.3 Å². The van der Waals surface area contributed by atoms with Gasteiger partial charge in [-0.05, 0) is 67.4 Å². The van der Waals surface area contributed by atoms with Gasteiger partial charge in [0.1, 0.15) is 0 Å². The lowest BCUT2D eigenvalue weighted by Crippen LogP contribution is -2.42. The summed E-state index contributed by atoms with van der Waals surface area (Å²) >= 11 is 0. The van der Waals surface area contributed by atoms with Gasteiger partial charge in [0.05, 0.1) is 4.90 Å². The first-order valence-electron chi connectivity index (χ1n) is 9.37. The summed E-state index contributed by atoms with van der Waals surface area (Å²) in [5.41, 5.74) is 2.18. The maximum absolute atomic E-state index is 12.8. The van der Waals surface area contributed by atoms with Gasteiger partial charge in [0.25, 0.3) is 0 Å². The SMILES string of the molecule is CC(=O)N1CCc2ccc(S(=O)(=O)NCC3(C)CCNCC3)cc2CC1. The number of benzene rings is 1. The van der Waals surface area contributed by atoms with Crippen LogP contribution < -0.4 is 10.0 Å². The molecular weight excluding hydrogens is 350 g/mol. The van der Waals surface area contributed by atoms with Gasteiger partial charge in [0, 0.05) is 26.6 Å². The van der Waals surface area contributed by atoms with Gasteiger partial charge in [-0.2, -0.15) is 0 Å². The van der Waals surface area contributed by atoms with Crippen molar-refractivity contribution < 1.29 is 13.2 Å². The minimum absolute atomic E-state index is 0.00595. The number of hydrogen-bond acceptors (Lipinski definition) is 4. The molecule has 1 amide bonds. The molecule has 6 nitrogen and oxygen atoms in total. The van der Waals surface area contributed by atoms with E-state index in [1.54, 1.807) is 19.1 Å². The minimum Gasteiger partial charge on any atom is -0.342 e. The van der Waals surface area contributed by atoms with Crippen LogP contribution >= 0.6 is 0 Å². The molecule has 0 aliphatic carbocycles. The van der Waals surface area contributed by atoms with E-state index in [2.05, 4.69) is 17.0 Å². The summed E-state index contributed by atoms with van der Waals surface area (Å²) < 4.78 is 28.4. The van der Waals surface area contributed by atoms with Crippen LogP contribution in [0.5, 0.6) is 0 Å². The molecule has 0 spiro atoms. The van der Waals surface area contributed by atoms with Crippen molar-refractivity contribution in [1.82, 2.24) is 14.9 Å². The zero-order chi connectivity index (χ0) is 18.8. The molecule has 0 aromatic heterocycles. The van der Waals surface area contributed by atoms with Gasteiger partial charge in [-0.1, -0.05) is 13.0 Å². The molecule has 0 atom stereocenters. The number of nitrogens with one attached hydrogen (secondary N) is 2. The highest BCUT2D eigenvalue weighted by Crippen LogP contribution is 2.28. The van der Waals surface area contributed by atoms with Crippen molar-refractivity contribution >= 4 is 15.9 Å². The van der Waals surface area contributed by atoms with Crippen molar-refractivity contribution in [2.24, 2.45) is 5.41 Å². The predicted octanol–water partition coefficient (Wildman–Crippen LogP) is 1.30. The first kappa shape index (κ1) is 19.3. The average molecular weight is 380 g/mol. The summed E-state index contributed by atoms with van der Waals surface area (Å²) in [7, 11) is -3.52. The van der Waals surface area contributed by atoms with Gasteiger partial charge >= 0.3 is 0 Å². The Balaban J connectivity index is 1.72. The molecule has 2 heterocycles. The predicted molar refractivity (Wildman–Crippen MR) is 102 cm³/mol. The van der Waals surface area contributed by atoms with E-state index in [1.165, 1.54) is 0 Å². The number of carbonyl (C=O) groups excluding carboxylic acids is 1. The molecule has 2 N–H and O–H groups in total. The van der Waals surface area contributed by atoms with E-state index >= 15 is 0 Å². The van der Waals surface area contributed by atoms with Crippen LogP contribution in [0.4, 0.5) is 0 Å². The molecule has 7 heteroatoms. The fourth-order valence-corrected chi connectivity index (χ4v) is 4.99. The number of rotatable bonds is 4. The largest absolute Gasteiger partial charge is 0.342 e. The van der Waals surface area contributed by atoms with Crippen molar-refractivity contribution in [2.45, 2.75) is 44.4 Å². The molecule has 1 saturated heterocycles. The minimum atomic E-state index is -3.52. The fourth-order valence-electron chi connectivity index (χ4n) is 3.74. The molecule has 3 rings (SSSR count). The van der Waals surface area contributed by atoms with Gasteiger partial charge in [-0.25, -0.2) is 13.1 Å². The van der Waals surface area contributed by atoms with Crippen LogP contribution in [-0.4, -0.2) is 51.9 Å². The summed E-state index contributed by atoms with van der Waals surface area (Å²) in [5, 5.41) is 3.32. The normalized spacial score (nSPS) is 20.3. The van der Waals surface area contributed by atoms with E-state index in [0.717, 1.165) is 43.5 Å². The lowest BCUT2D eigenvalue weighted by molar-refractivity contribution is -0.128. The Hall–Kier alpha value is -1.44. The van der Waals surface area contributed by atoms with E-state index in [0.29, 0.717) is 31.0 Å². The molecule has 0 radical (unpaired) electrons. The van der Waals surface area contributed by atoms with Crippen LogP contribution in [0.1, 0.15) is 37.8 Å². The fraction of sp³-hybridized carbons (Fsp3) is 0.632. The molecule has 0 saturated carbocycles. The van der Waals surface area contributed by atoms with E-state index in [4.69, 9.17) is 0 Å². The topological polar surface area (TPSA) is 78.5 Å². The second kappa shape index (κ2) is 7.66. The van der Waals surface area contributed by atoms with Crippen molar-refractivity contribution in [3.63, 3.8) is 0 Å². The number of nitrogens with zero attached hydrogens (tertiary/aromatic N) is 1. The van der Waals surface area contributed by atoms with Gasteiger partial charge in [0.15, 0.2) is 0 Å². The highest BCUT2D eigenvalue weighted by Gasteiger charge is 2.29. The molecule has 0 bridgehead atoms. The Morgan fingerprint density at radius 3 is 2.50 bits per heavy atom. The third-order valence-corrected chi connectivity index (χ3v) is 7.13. The molecule has 1 aromatic rings. The van der Waals surface area contributed by atoms with Crippen LogP contribution in [0.3, 0.4) is 0 Å².